The lowest BCUT2D eigenvalue weighted by Gasteiger charge is -2.32. The van der Waals surface area contributed by atoms with E-state index in [0.717, 1.165) is 13.2 Å². The summed E-state index contributed by atoms with van der Waals surface area (Å²) < 4.78 is 11.5. The predicted molar refractivity (Wildman–Crippen MR) is 78.9 cm³/mol. The maximum atomic E-state index is 5.76. The number of benzene rings is 1. The van der Waals surface area contributed by atoms with E-state index in [2.05, 4.69) is 42.8 Å². The molecule has 0 N–H and O–H groups in total. The smallest absolute Gasteiger partial charge is 0.160 e. The van der Waals surface area contributed by atoms with E-state index in [0.29, 0.717) is 11.3 Å². The topological polar surface area (TPSA) is 18.5 Å². The van der Waals surface area contributed by atoms with Crippen LogP contribution in [0.1, 0.15) is 30.4 Å². The molecule has 1 aliphatic heterocycles. The SMILES string of the molecule is [CH]1COC(C2CCC3(C=Cc4ccccc4C3)C2)OC1. The van der Waals surface area contributed by atoms with Crippen LogP contribution in [0.25, 0.3) is 6.08 Å². The minimum atomic E-state index is 0.0185. The van der Waals surface area contributed by atoms with E-state index < -0.39 is 0 Å². The van der Waals surface area contributed by atoms with Crippen LogP contribution in [0.3, 0.4) is 0 Å². The Balaban J connectivity index is 1.51. The van der Waals surface area contributed by atoms with E-state index in [-0.39, 0.29) is 6.29 Å². The van der Waals surface area contributed by atoms with Gasteiger partial charge in [-0.2, -0.15) is 0 Å². The molecule has 0 aromatic heterocycles. The third kappa shape index (κ3) is 2.21. The van der Waals surface area contributed by atoms with Crippen LogP contribution in [0.15, 0.2) is 30.3 Å². The number of hydrogen-bond acceptors (Lipinski definition) is 2. The monoisotopic (exact) mass is 269 g/mol. The Morgan fingerprint density at radius 3 is 2.85 bits per heavy atom. The van der Waals surface area contributed by atoms with E-state index in [9.17, 15) is 0 Å². The zero-order valence-electron chi connectivity index (χ0n) is 11.8. The zero-order chi connectivity index (χ0) is 13.4. The fraction of sp³-hybridized carbons (Fsp3) is 0.500. The second kappa shape index (κ2) is 5.01. The van der Waals surface area contributed by atoms with E-state index in [1.165, 1.54) is 36.8 Å². The van der Waals surface area contributed by atoms with Crippen molar-refractivity contribution in [2.45, 2.75) is 32.0 Å². The largest absolute Gasteiger partial charge is 0.352 e. The van der Waals surface area contributed by atoms with Crippen molar-refractivity contribution < 1.29 is 9.47 Å². The standard InChI is InChI=1S/C18H21O2/c1-2-5-15-12-18(8-6-14(15)4-1)9-7-16(13-18)17-19-10-3-11-20-17/h1-6,8,16-17H,7,9-13H2. The second-order valence-corrected chi connectivity index (χ2v) is 6.40. The second-order valence-electron chi connectivity index (χ2n) is 6.40. The molecule has 1 aromatic rings. The fourth-order valence-electron chi connectivity index (χ4n) is 4.00. The molecule has 2 nitrogen and oxygen atoms in total. The van der Waals surface area contributed by atoms with Crippen molar-refractivity contribution in [3.63, 3.8) is 0 Å². The van der Waals surface area contributed by atoms with Crippen molar-refractivity contribution >= 4 is 6.08 Å². The van der Waals surface area contributed by atoms with Gasteiger partial charge in [0.2, 0.25) is 0 Å². The molecular weight excluding hydrogens is 248 g/mol. The van der Waals surface area contributed by atoms with Crippen LogP contribution >= 0.6 is 0 Å². The van der Waals surface area contributed by atoms with Gasteiger partial charge in [-0.1, -0.05) is 36.4 Å². The Morgan fingerprint density at radius 1 is 1.10 bits per heavy atom. The third-order valence-electron chi connectivity index (χ3n) is 5.04. The lowest BCUT2D eigenvalue weighted by Crippen LogP contribution is -2.32. The quantitative estimate of drug-likeness (QED) is 0.775. The van der Waals surface area contributed by atoms with E-state index in [1.54, 1.807) is 0 Å². The molecule has 0 amide bonds. The minimum absolute atomic E-state index is 0.0185. The highest BCUT2D eigenvalue weighted by atomic mass is 16.7. The van der Waals surface area contributed by atoms with E-state index >= 15 is 0 Å². The highest BCUT2D eigenvalue weighted by Gasteiger charge is 2.42. The van der Waals surface area contributed by atoms with Crippen molar-refractivity contribution in [1.82, 2.24) is 0 Å². The van der Waals surface area contributed by atoms with Gasteiger partial charge in [0.05, 0.1) is 13.2 Å². The predicted octanol–water partition coefficient (Wildman–Crippen LogP) is 3.62. The molecule has 2 fully saturated rings. The van der Waals surface area contributed by atoms with Crippen molar-refractivity contribution in [2.75, 3.05) is 13.2 Å². The number of allylic oxidation sites excluding steroid dienone is 1. The molecule has 1 spiro atoms. The normalized spacial score (nSPS) is 33.5. The average molecular weight is 269 g/mol. The van der Waals surface area contributed by atoms with Crippen molar-refractivity contribution in [3.05, 3.63) is 47.9 Å². The number of hydrogen-bond donors (Lipinski definition) is 0. The molecule has 2 unspecified atom stereocenters. The first-order valence-corrected chi connectivity index (χ1v) is 7.67. The molecule has 1 saturated heterocycles. The summed E-state index contributed by atoms with van der Waals surface area (Å²) in [5.74, 6) is 0.554. The maximum Gasteiger partial charge on any atom is 0.160 e. The number of ether oxygens (including phenoxy) is 2. The lowest BCUT2D eigenvalue weighted by molar-refractivity contribution is -0.187. The van der Waals surface area contributed by atoms with Gasteiger partial charge >= 0.3 is 0 Å². The highest BCUT2D eigenvalue weighted by Crippen LogP contribution is 2.49. The van der Waals surface area contributed by atoms with Crippen LogP contribution in [0.4, 0.5) is 0 Å². The molecule has 2 atom stereocenters. The van der Waals surface area contributed by atoms with Crippen LogP contribution in [0, 0.1) is 17.8 Å². The summed E-state index contributed by atoms with van der Waals surface area (Å²) >= 11 is 0. The minimum Gasteiger partial charge on any atom is -0.352 e. The molecule has 4 rings (SSSR count). The summed E-state index contributed by atoms with van der Waals surface area (Å²) in [6, 6.07) is 8.77. The summed E-state index contributed by atoms with van der Waals surface area (Å²) in [6.45, 7) is 1.49. The molecule has 105 valence electrons. The molecule has 1 aromatic carbocycles. The average Bonchev–Trinajstić information content (AvgIpc) is 2.92. The van der Waals surface area contributed by atoms with Crippen LogP contribution in [-0.4, -0.2) is 19.5 Å². The molecule has 1 saturated carbocycles. The van der Waals surface area contributed by atoms with Gasteiger partial charge in [-0.15, -0.1) is 0 Å². The van der Waals surface area contributed by atoms with Crippen molar-refractivity contribution in [2.24, 2.45) is 11.3 Å². The first-order valence-electron chi connectivity index (χ1n) is 7.67. The molecule has 20 heavy (non-hydrogen) atoms. The molecule has 2 aliphatic carbocycles. The zero-order valence-corrected chi connectivity index (χ0v) is 11.8. The van der Waals surface area contributed by atoms with Crippen LogP contribution < -0.4 is 0 Å². The molecule has 1 heterocycles. The maximum absolute atomic E-state index is 5.76. The highest BCUT2D eigenvalue weighted by molar-refractivity contribution is 5.58. The summed E-state index contributed by atoms with van der Waals surface area (Å²) in [5.41, 5.74) is 3.23. The third-order valence-corrected chi connectivity index (χ3v) is 5.04. The first-order chi connectivity index (χ1) is 9.85. The van der Waals surface area contributed by atoms with Gasteiger partial charge in [0.15, 0.2) is 6.29 Å². The summed E-state index contributed by atoms with van der Waals surface area (Å²) in [7, 11) is 0. The van der Waals surface area contributed by atoms with E-state index in [4.69, 9.17) is 9.47 Å². The molecule has 0 bridgehead atoms. The van der Waals surface area contributed by atoms with Gasteiger partial charge < -0.3 is 9.47 Å². The van der Waals surface area contributed by atoms with Crippen LogP contribution in [0.2, 0.25) is 0 Å². The van der Waals surface area contributed by atoms with Gasteiger partial charge in [0.25, 0.3) is 0 Å². The van der Waals surface area contributed by atoms with Crippen molar-refractivity contribution in [1.29, 1.82) is 0 Å². The summed E-state index contributed by atoms with van der Waals surface area (Å²) in [6.07, 6.45) is 11.7. The lowest BCUT2D eigenvalue weighted by atomic mass is 9.74. The Bertz CT molecular complexity index is 516. The summed E-state index contributed by atoms with van der Waals surface area (Å²) in [4.78, 5) is 0. The Labute approximate surface area is 120 Å². The van der Waals surface area contributed by atoms with Crippen molar-refractivity contribution in [3.8, 4) is 0 Å². The first kappa shape index (κ1) is 12.6. The Hall–Kier alpha value is -1.12. The van der Waals surface area contributed by atoms with Gasteiger partial charge in [0.1, 0.15) is 0 Å². The number of fused-ring (bicyclic) bond motifs is 1. The van der Waals surface area contributed by atoms with Gasteiger partial charge in [-0.05, 0) is 42.2 Å². The van der Waals surface area contributed by atoms with Gasteiger partial charge in [0, 0.05) is 12.3 Å². The molecule has 3 aliphatic rings. The Kier molecular flexibility index (Phi) is 3.16. The van der Waals surface area contributed by atoms with Gasteiger partial charge in [-0.25, -0.2) is 0 Å². The van der Waals surface area contributed by atoms with Gasteiger partial charge in [-0.3, -0.25) is 0 Å². The molecular formula is C18H21O2. The van der Waals surface area contributed by atoms with E-state index in [1.807, 2.05) is 0 Å². The van der Waals surface area contributed by atoms with Crippen LogP contribution in [-0.2, 0) is 15.9 Å². The summed E-state index contributed by atoms with van der Waals surface area (Å²) in [5, 5.41) is 0. The molecule has 2 heteroatoms. The fourth-order valence-corrected chi connectivity index (χ4v) is 4.00. The molecule has 1 radical (unpaired) electrons. The van der Waals surface area contributed by atoms with Crippen LogP contribution in [0.5, 0.6) is 0 Å². The Morgan fingerprint density at radius 2 is 1.95 bits per heavy atom. The number of rotatable bonds is 1.